The van der Waals surface area contributed by atoms with E-state index in [4.69, 9.17) is 9.47 Å². The molecular formula is C21H26O2. The van der Waals surface area contributed by atoms with Crippen molar-refractivity contribution in [2.75, 3.05) is 14.2 Å². The average molecular weight is 310 g/mol. The second kappa shape index (κ2) is 5.77. The first kappa shape index (κ1) is 16.2. The third-order valence-corrected chi connectivity index (χ3v) is 4.99. The van der Waals surface area contributed by atoms with Gasteiger partial charge >= 0.3 is 0 Å². The largest absolute Gasteiger partial charge is 0.346 e. The fourth-order valence-electron chi connectivity index (χ4n) is 3.52. The summed E-state index contributed by atoms with van der Waals surface area (Å²) in [5.41, 5.74) is 7.26. The van der Waals surface area contributed by atoms with E-state index < -0.39 is 5.79 Å². The summed E-state index contributed by atoms with van der Waals surface area (Å²) in [5.74, 6) is 0.142. The second-order valence-electron chi connectivity index (χ2n) is 6.94. The normalized spacial score (nSPS) is 15.1. The smallest absolute Gasteiger partial charge is 0.223 e. The molecule has 23 heavy (non-hydrogen) atoms. The number of fused-ring (bicyclic) bond motifs is 3. The Labute approximate surface area is 139 Å². The van der Waals surface area contributed by atoms with Gasteiger partial charge in [-0.25, -0.2) is 0 Å². The van der Waals surface area contributed by atoms with E-state index >= 15 is 0 Å². The number of benzene rings is 2. The van der Waals surface area contributed by atoms with Crippen molar-refractivity contribution in [3.63, 3.8) is 0 Å². The van der Waals surface area contributed by atoms with Crippen LogP contribution in [-0.2, 0) is 15.3 Å². The van der Waals surface area contributed by atoms with Crippen LogP contribution in [0, 0.1) is 0 Å². The highest BCUT2D eigenvalue weighted by molar-refractivity contribution is 5.80. The van der Waals surface area contributed by atoms with Gasteiger partial charge in [-0.05, 0) is 46.2 Å². The maximum atomic E-state index is 5.95. The Hall–Kier alpha value is -1.64. The van der Waals surface area contributed by atoms with Crippen molar-refractivity contribution >= 4 is 0 Å². The van der Waals surface area contributed by atoms with Crippen LogP contribution in [0.1, 0.15) is 61.8 Å². The Kier molecular flexibility index (Phi) is 4.07. The molecule has 2 nitrogen and oxygen atoms in total. The summed E-state index contributed by atoms with van der Waals surface area (Å²) in [7, 11) is 3.46. The first-order valence-electron chi connectivity index (χ1n) is 8.34. The van der Waals surface area contributed by atoms with Crippen LogP contribution in [0.5, 0.6) is 0 Å². The first-order chi connectivity index (χ1) is 10.9. The Morgan fingerprint density at radius 3 is 1.39 bits per heavy atom. The van der Waals surface area contributed by atoms with Gasteiger partial charge in [0.1, 0.15) is 0 Å². The average Bonchev–Trinajstić information content (AvgIpc) is 2.83. The number of ether oxygens (including phenoxy) is 2. The van der Waals surface area contributed by atoms with Gasteiger partial charge in [-0.15, -0.1) is 0 Å². The highest BCUT2D eigenvalue weighted by Crippen LogP contribution is 2.51. The molecule has 0 bridgehead atoms. The number of hydrogen-bond donors (Lipinski definition) is 0. The Balaban J connectivity index is 2.28. The van der Waals surface area contributed by atoms with Crippen LogP contribution in [0.25, 0.3) is 11.1 Å². The molecule has 2 heteroatoms. The number of methoxy groups -OCH3 is 2. The lowest BCUT2D eigenvalue weighted by Gasteiger charge is -2.29. The van der Waals surface area contributed by atoms with Crippen molar-refractivity contribution in [2.45, 2.75) is 45.3 Å². The van der Waals surface area contributed by atoms with Gasteiger partial charge in [0.25, 0.3) is 0 Å². The molecule has 3 rings (SSSR count). The van der Waals surface area contributed by atoms with Gasteiger partial charge in [0.05, 0.1) is 0 Å². The third kappa shape index (κ3) is 2.32. The van der Waals surface area contributed by atoms with Crippen molar-refractivity contribution in [3.8, 4) is 11.1 Å². The van der Waals surface area contributed by atoms with Gasteiger partial charge in [-0.3, -0.25) is 0 Å². The lowest BCUT2D eigenvalue weighted by molar-refractivity contribution is -0.180. The van der Waals surface area contributed by atoms with Crippen LogP contribution in [0.4, 0.5) is 0 Å². The molecule has 0 unspecified atom stereocenters. The lowest BCUT2D eigenvalue weighted by atomic mass is 9.95. The quantitative estimate of drug-likeness (QED) is 0.703. The molecule has 1 aliphatic rings. The van der Waals surface area contributed by atoms with Crippen molar-refractivity contribution in [2.24, 2.45) is 0 Å². The summed E-state index contributed by atoms with van der Waals surface area (Å²) < 4.78 is 11.9. The molecule has 0 amide bonds. The molecule has 0 aromatic heterocycles. The first-order valence-corrected chi connectivity index (χ1v) is 8.34. The SMILES string of the molecule is COC1(OC)c2cc(C(C)C)ccc2-c2ccc(C(C)C)cc21. The highest BCUT2D eigenvalue weighted by Gasteiger charge is 2.44. The summed E-state index contributed by atoms with van der Waals surface area (Å²) in [6, 6.07) is 13.3. The summed E-state index contributed by atoms with van der Waals surface area (Å²) in [6.07, 6.45) is 0. The van der Waals surface area contributed by atoms with Crippen LogP contribution in [-0.4, -0.2) is 14.2 Å². The monoisotopic (exact) mass is 310 g/mol. The lowest BCUT2D eigenvalue weighted by Crippen LogP contribution is -2.30. The second-order valence-corrected chi connectivity index (χ2v) is 6.94. The minimum atomic E-state index is -0.805. The highest BCUT2D eigenvalue weighted by atomic mass is 16.7. The molecule has 122 valence electrons. The number of rotatable bonds is 4. The van der Waals surface area contributed by atoms with E-state index in [1.54, 1.807) is 14.2 Å². The van der Waals surface area contributed by atoms with Crippen molar-refractivity contribution in [1.82, 2.24) is 0 Å². The van der Waals surface area contributed by atoms with Crippen LogP contribution in [0.2, 0.25) is 0 Å². The molecule has 0 N–H and O–H groups in total. The molecule has 0 saturated heterocycles. The molecule has 2 aromatic carbocycles. The third-order valence-electron chi connectivity index (χ3n) is 4.99. The molecule has 0 heterocycles. The van der Waals surface area contributed by atoms with Gasteiger partial charge < -0.3 is 9.47 Å². The fourth-order valence-corrected chi connectivity index (χ4v) is 3.52. The molecule has 0 aliphatic heterocycles. The molecule has 0 fully saturated rings. The van der Waals surface area contributed by atoms with E-state index in [1.807, 2.05) is 0 Å². The van der Waals surface area contributed by atoms with E-state index in [0.29, 0.717) is 11.8 Å². The van der Waals surface area contributed by atoms with Crippen LogP contribution >= 0.6 is 0 Å². The Morgan fingerprint density at radius 1 is 0.696 bits per heavy atom. The molecule has 0 atom stereocenters. The molecule has 1 aliphatic carbocycles. The molecule has 0 radical (unpaired) electrons. The van der Waals surface area contributed by atoms with Gasteiger partial charge in [0, 0.05) is 25.3 Å². The fraction of sp³-hybridized carbons (Fsp3) is 0.429. The minimum absolute atomic E-state index is 0.474. The van der Waals surface area contributed by atoms with E-state index in [1.165, 1.54) is 22.3 Å². The molecule has 0 saturated carbocycles. The maximum absolute atomic E-state index is 5.95. The molecule has 0 spiro atoms. The van der Waals surface area contributed by atoms with Gasteiger partial charge in [0.15, 0.2) is 0 Å². The standard InChI is InChI=1S/C21H26O2/c1-13(2)15-7-9-17-18-10-8-16(14(3)4)12-20(18)21(22-5,23-6)19(17)11-15/h7-14H,1-6H3. The molecule has 2 aromatic rings. The zero-order valence-electron chi connectivity index (χ0n) is 14.9. The van der Waals surface area contributed by atoms with Crippen LogP contribution in [0.3, 0.4) is 0 Å². The number of hydrogen-bond acceptors (Lipinski definition) is 2. The van der Waals surface area contributed by atoms with Crippen molar-refractivity contribution in [3.05, 3.63) is 58.7 Å². The van der Waals surface area contributed by atoms with E-state index in [2.05, 4.69) is 64.1 Å². The van der Waals surface area contributed by atoms with E-state index in [-0.39, 0.29) is 0 Å². The zero-order chi connectivity index (χ0) is 16.8. The van der Waals surface area contributed by atoms with E-state index in [9.17, 15) is 0 Å². The summed E-state index contributed by atoms with van der Waals surface area (Å²) in [4.78, 5) is 0. The van der Waals surface area contributed by atoms with Crippen molar-refractivity contribution in [1.29, 1.82) is 0 Å². The minimum Gasteiger partial charge on any atom is -0.346 e. The Morgan fingerprint density at radius 2 is 1.09 bits per heavy atom. The van der Waals surface area contributed by atoms with Gasteiger partial charge in [-0.2, -0.15) is 0 Å². The van der Waals surface area contributed by atoms with Gasteiger partial charge in [-0.1, -0.05) is 52.0 Å². The topological polar surface area (TPSA) is 18.5 Å². The Bertz CT molecular complexity index is 665. The van der Waals surface area contributed by atoms with Crippen LogP contribution < -0.4 is 0 Å². The molecular weight excluding hydrogens is 284 g/mol. The predicted molar refractivity (Wildman–Crippen MR) is 94.9 cm³/mol. The summed E-state index contributed by atoms with van der Waals surface area (Å²) >= 11 is 0. The summed E-state index contributed by atoms with van der Waals surface area (Å²) in [6.45, 7) is 8.84. The van der Waals surface area contributed by atoms with Gasteiger partial charge in [0.2, 0.25) is 5.79 Å². The van der Waals surface area contributed by atoms with Crippen molar-refractivity contribution < 1.29 is 9.47 Å². The zero-order valence-corrected chi connectivity index (χ0v) is 14.9. The van der Waals surface area contributed by atoms with E-state index in [0.717, 1.165) is 11.1 Å². The maximum Gasteiger partial charge on any atom is 0.223 e. The van der Waals surface area contributed by atoms with Crippen LogP contribution in [0.15, 0.2) is 36.4 Å². The predicted octanol–water partition coefficient (Wildman–Crippen LogP) is 5.41. The summed E-state index contributed by atoms with van der Waals surface area (Å²) in [5, 5.41) is 0.